The first-order valence-electron chi connectivity index (χ1n) is 14.0. The second-order valence-electron chi connectivity index (χ2n) is 11.9. The van der Waals surface area contributed by atoms with Crippen LogP contribution in [0.4, 0.5) is 10.6 Å². The monoisotopic (exact) mass is 681 g/mol. The van der Waals surface area contributed by atoms with Gasteiger partial charge in [0, 0.05) is 29.4 Å². The van der Waals surface area contributed by atoms with Crippen molar-refractivity contribution < 1.29 is 26.9 Å². The van der Waals surface area contributed by atoms with Crippen LogP contribution in [-0.2, 0) is 25.6 Å². The summed E-state index contributed by atoms with van der Waals surface area (Å²) in [5.41, 5.74) is 2.00. The van der Waals surface area contributed by atoms with Crippen molar-refractivity contribution in [3.8, 4) is 0 Å². The topological polar surface area (TPSA) is 154 Å². The van der Waals surface area contributed by atoms with Gasteiger partial charge in [-0.05, 0) is 81.7 Å². The van der Waals surface area contributed by atoms with Crippen LogP contribution in [0.2, 0.25) is 9.36 Å². The third-order valence-corrected chi connectivity index (χ3v) is 9.59. The predicted octanol–water partition coefficient (Wildman–Crippen LogP) is 5.76. The Morgan fingerprint density at radius 2 is 1.95 bits per heavy atom. The lowest BCUT2D eigenvalue weighted by molar-refractivity contribution is 0.0178. The number of halogens is 2. The summed E-state index contributed by atoms with van der Waals surface area (Å²) in [4.78, 5) is 37.6. The molecule has 0 spiro atoms. The summed E-state index contributed by atoms with van der Waals surface area (Å²) in [5.74, 6) is 0.0221. The molecule has 15 heteroatoms. The molecule has 236 valence electrons. The maximum absolute atomic E-state index is 13.9. The van der Waals surface area contributed by atoms with Crippen molar-refractivity contribution in [1.29, 1.82) is 0 Å². The fourth-order valence-electron chi connectivity index (χ4n) is 5.61. The predicted molar refractivity (Wildman–Crippen MR) is 169 cm³/mol. The van der Waals surface area contributed by atoms with Crippen LogP contribution in [0.25, 0.3) is 0 Å². The van der Waals surface area contributed by atoms with Crippen molar-refractivity contribution in [2.45, 2.75) is 64.1 Å². The SMILES string of the molecule is CC(C)(C)OC(=O)N1CCc2ccc(Cl)cc2C1c1cc(C(=O)c2cncnc2N[C@H]2CCC(COS(N)(=O)=O)C2)sc1Cl. The number of fused-ring (bicyclic) bond motifs is 1. The standard InChI is InChI=1S/C29H33Cl2N5O6S2/c1-29(2,3)42-28(38)36-9-8-17-5-6-18(30)11-20(17)24(36)21-12-23(43-26(21)31)25(37)22-13-33-15-34-27(22)35-19-7-4-16(10-19)14-41-44(32,39)40/h5-6,11-13,15-16,19,24H,4,7-10,14H2,1-3H3,(H2,32,39,40)(H,33,34,35)/t16?,19-,24?/m0/s1. The molecule has 1 aromatic carbocycles. The molecule has 2 unspecified atom stereocenters. The Balaban J connectivity index is 1.42. The fourth-order valence-corrected chi connectivity index (χ4v) is 7.45. The molecule has 11 nitrogen and oxygen atoms in total. The average Bonchev–Trinajstić information content (AvgIpc) is 3.56. The first kappa shape index (κ1) is 32.6. The smallest absolute Gasteiger partial charge is 0.411 e. The van der Waals surface area contributed by atoms with E-state index in [0.717, 1.165) is 35.3 Å². The van der Waals surface area contributed by atoms with E-state index in [9.17, 15) is 18.0 Å². The first-order chi connectivity index (χ1) is 20.7. The van der Waals surface area contributed by atoms with Crippen molar-refractivity contribution >= 4 is 62.5 Å². The largest absolute Gasteiger partial charge is 0.444 e. The minimum absolute atomic E-state index is 0.00112. The quantitative estimate of drug-likeness (QED) is 0.283. The maximum atomic E-state index is 13.9. The molecule has 1 aliphatic heterocycles. The van der Waals surface area contributed by atoms with Gasteiger partial charge in [-0.3, -0.25) is 13.9 Å². The van der Waals surface area contributed by atoms with Gasteiger partial charge in [-0.15, -0.1) is 11.3 Å². The molecule has 2 aliphatic rings. The van der Waals surface area contributed by atoms with Crippen molar-refractivity contribution in [2.75, 3.05) is 18.5 Å². The summed E-state index contributed by atoms with van der Waals surface area (Å²) < 4.78 is 33.2. The van der Waals surface area contributed by atoms with Crippen molar-refractivity contribution in [3.05, 3.63) is 73.3 Å². The number of benzene rings is 1. The van der Waals surface area contributed by atoms with Crippen LogP contribution < -0.4 is 10.5 Å². The van der Waals surface area contributed by atoms with Crippen LogP contribution in [0.1, 0.15) is 78.0 Å². The molecule has 44 heavy (non-hydrogen) atoms. The summed E-state index contributed by atoms with van der Waals surface area (Å²) in [6.07, 6.45) is 5.00. The molecular weight excluding hydrogens is 649 g/mol. The summed E-state index contributed by atoms with van der Waals surface area (Å²) in [6, 6.07) is 6.62. The number of hydrogen-bond donors (Lipinski definition) is 2. The number of amides is 1. The Kier molecular flexibility index (Phi) is 9.55. The zero-order valence-electron chi connectivity index (χ0n) is 24.4. The van der Waals surface area contributed by atoms with Gasteiger partial charge in [0.1, 0.15) is 17.7 Å². The second-order valence-corrected chi connectivity index (χ2v) is 15.2. The van der Waals surface area contributed by atoms with E-state index >= 15 is 0 Å². The van der Waals surface area contributed by atoms with Crippen molar-refractivity contribution in [2.24, 2.45) is 11.1 Å². The Morgan fingerprint density at radius 1 is 1.18 bits per heavy atom. The van der Waals surface area contributed by atoms with Crippen LogP contribution in [0, 0.1) is 5.92 Å². The molecule has 5 rings (SSSR count). The molecule has 0 bridgehead atoms. The van der Waals surface area contributed by atoms with Gasteiger partial charge in [-0.25, -0.2) is 19.9 Å². The van der Waals surface area contributed by atoms with Crippen LogP contribution in [0.3, 0.4) is 0 Å². The zero-order chi connectivity index (χ0) is 31.8. The molecule has 1 fully saturated rings. The zero-order valence-corrected chi connectivity index (χ0v) is 27.5. The van der Waals surface area contributed by atoms with Gasteiger partial charge in [0.05, 0.1) is 27.4 Å². The molecule has 1 aliphatic carbocycles. The number of nitrogens with one attached hydrogen (secondary N) is 1. The average molecular weight is 683 g/mol. The second kappa shape index (κ2) is 12.9. The molecule has 1 saturated carbocycles. The number of ether oxygens (including phenoxy) is 1. The molecule has 0 radical (unpaired) electrons. The Labute approximate surface area is 270 Å². The van der Waals surface area contributed by atoms with E-state index in [1.807, 2.05) is 18.2 Å². The number of hydrogen-bond acceptors (Lipinski definition) is 10. The number of nitrogens with zero attached hydrogens (tertiary/aromatic N) is 3. The van der Waals surface area contributed by atoms with E-state index in [-0.39, 0.29) is 29.9 Å². The van der Waals surface area contributed by atoms with Crippen LogP contribution in [0.5, 0.6) is 0 Å². The van der Waals surface area contributed by atoms with E-state index in [2.05, 4.69) is 15.3 Å². The number of ketones is 1. The van der Waals surface area contributed by atoms with E-state index < -0.39 is 28.0 Å². The highest BCUT2D eigenvalue weighted by Gasteiger charge is 2.37. The number of carbonyl (C=O) groups excluding carboxylic acids is 2. The van der Waals surface area contributed by atoms with Gasteiger partial charge < -0.3 is 10.1 Å². The number of aromatic nitrogens is 2. The summed E-state index contributed by atoms with van der Waals surface area (Å²) in [6.45, 7) is 5.82. The van der Waals surface area contributed by atoms with E-state index in [1.165, 1.54) is 12.5 Å². The maximum Gasteiger partial charge on any atom is 0.411 e. The van der Waals surface area contributed by atoms with Crippen LogP contribution in [0.15, 0.2) is 36.8 Å². The molecule has 3 aromatic rings. The van der Waals surface area contributed by atoms with Crippen molar-refractivity contribution in [3.63, 3.8) is 0 Å². The van der Waals surface area contributed by atoms with Gasteiger partial charge in [-0.1, -0.05) is 29.3 Å². The number of anilines is 1. The van der Waals surface area contributed by atoms with E-state index in [0.29, 0.717) is 45.0 Å². The van der Waals surface area contributed by atoms with Crippen LogP contribution >= 0.6 is 34.5 Å². The number of carbonyl (C=O) groups is 2. The summed E-state index contributed by atoms with van der Waals surface area (Å²) >= 11 is 14.3. The van der Waals surface area contributed by atoms with Gasteiger partial charge >= 0.3 is 16.4 Å². The molecule has 1 amide bonds. The third kappa shape index (κ3) is 7.69. The highest BCUT2D eigenvalue weighted by atomic mass is 35.5. The van der Waals surface area contributed by atoms with E-state index in [4.69, 9.17) is 37.3 Å². The van der Waals surface area contributed by atoms with Gasteiger partial charge in [0.15, 0.2) is 0 Å². The highest BCUT2D eigenvalue weighted by molar-refractivity contribution is 7.84. The molecule has 0 saturated heterocycles. The minimum atomic E-state index is -4.01. The lowest BCUT2D eigenvalue weighted by Gasteiger charge is -2.38. The molecule has 3 N–H and O–H groups in total. The first-order valence-corrected chi connectivity index (χ1v) is 17.1. The lowest BCUT2D eigenvalue weighted by Crippen LogP contribution is -2.43. The minimum Gasteiger partial charge on any atom is -0.444 e. The van der Waals surface area contributed by atoms with E-state index in [1.54, 1.807) is 31.7 Å². The normalized spacial score (nSPS) is 20.3. The summed E-state index contributed by atoms with van der Waals surface area (Å²) in [5, 5.41) is 8.79. The molecular formula is C29H33Cl2N5O6S2. The highest BCUT2D eigenvalue weighted by Crippen LogP contribution is 2.43. The number of nitrogens with two attached hydrogens (primary N) is 1. The summed E-state index contributed by atoms with van der Waals surface area (Å²) in [7, 11) is -4.01. The molecule has 2 aromatic heterocycles. The van der Waals surface area contributed by atoms with Gasteiger partial charge in [0.25, 0.3) is 0 Å². The Morgan fingerprint density at radius 3 is 2.68 bits per heavy atom. The van der Waals surface area contributed by atoms with Gasteiger partial charge in [0.2, 0.25) is 5.78 Å². The number of thiophene rings is 1. The molecule has 3 atom stereocenters. The third-order valence-electron chi connectivity index (χ3n) is 7.50. The van der Waals surface area contributed by atoms with Crippen molar-refractivity contribution in [1.82, 2.24) is 14.9 Å². The molecule has 3 heterocycles. The van der Waals surface area contributed by atoms with Gasteiger partial charge in [-0.2, -0.15) is 8.42 Å². The fraction of sp³-hybridized carbons (Fsp3) is 0.448. The lowest BCUT2D eigenvalue weighted by atomic mass is 9.89. The van der Waals surface area contributed by atoms with Crippen LogP contribution in [-0.4, -0.2) is 60.0 Å². The number of rotatable bonds is 8. The Hall–Kier alpha value is -2.81. The Bertz CT molecular complexity index is 1680.